The van der Waals surface area contributed by atoms with Gasteiger partial charge in [-0.1, -0.05) is 12.2 Å². The van der Waals surface area contributed by atoms with E-state index in [2.05, 4.69) is 12.2 Å². The van der Waals surface area contributed by atoms with Crippen molar-refractivity contribution in [1.29, 1.82) is 0 Å². The van der Waals surface area contributed by atoms with Gasteiger partial charge in [0.2, 0.25) is 11.8 Å². The Morgan fingerprint density at radius 3 is 1.95 bits per heavy atom. The Balaban J connectivity index is 1.58. The third kappa shape index (κ3) is 1.33. The van der Waals surface area contributed by atoms with Crippen molar-refractivity contribution < 1.29 is 14.0 Å². The zero-order valence-corrected chi connectivity index (χ0v) is 11.3. The van der Waals surface area contributed by atoms with E-state index in [-0.39, 0.29) is 41.3 Å². The van der Waals surface area contributed by atoms with Gasteiger partial charge in [-0.2, -0.15) is 0 Å². The number of halogens is 1. The molecule has 4 aliphatic carbocycles. The van der Waals surface area contributed by atoms with Gasteiger partial charge in [0.25, 0.3) is 0 Å². The Kier molecular flexibility index (Phi) is 2.01. The van der Waals surface area contributed by atoms with Gasteiger partial charge in [0.05, 0.1) is 17.5 Å². The minimum atomic E-state index is -0.363. The highest BCUT2D eigenvalue weighted by molar-refractivity contribution is 6.22. The highest BCUT2D eigenvalue weighted by Gasteiger charge is 2.67. The van der Waals surface area contributed by atoms with Gasteiger partial charge in [0.15, 0.2) is 0 Å². The summed E-state index contributed by atoms with van der Waals surface area (Å²) in [5, 5.41) is 0. The molecule has 6 rings (SSSR count). The van der Waals surface area contributed by atoms with E-state index in [0.29, 0.717) is 17.5 Å². The molecule has 1 aliphatic heterocycles. The molecule has 5 aliphatic rings. The SMILES string of the molecule is O=C1[C@@H]2[C@H]3C=C[C@@H]([C@@H]4C[C@H]34)[C@H]2C(=O)N1c1ccc(F)cc1. The average molecular weight is 283 g/mol. The van der Waals surface area contributed by atoms with Crippen LogP contribution in [0.25, 0.3) is 0 Å². The van der Waals surface area contributed by atoms with Crippen molar-refractivity contribution in [2.24, 2.45) is 35.5 Å². The van der Waals surface area contributed by atoms with Gasteiger partial charge in [-0.25, -0.2) is 4.39 Å². The van der Waals surface area contributed by atoms with Crippen molar-refractivity contribution in [2.75, 3.05) is 4.90 Å². The van der Waals surface area contributed by atoms with E-state index in [1.807, 2.05) is 0 Å². The summed E-state index contributed by atoms with van der Waals surface area (Å²) in [6, 6.07) is 5.61. The van der Waals surface area contributed by atoms with Gasteiger partial charge in [0, 0.05) is 0 Å². The number of carbonyl (C=O) groups excluding carboxylic acids is 2. The highest BCUT2D eigenvalue weighted by Crippen LogP contribution is 2.65. The molecule has 0 aromatic heterocycles. The van der Waals surface area contributed by atoms with E-state index in [1.54, 1.807) is 0 Å². The Bertz CT molecular complexity index is 659. The van der Waals surface area contributed by atoms with E-state index < -0.39 is 0 Å². The smallest absolute Gasteiger partial charge is 0.238 e. The molecule has 6 atom stereocenters. The third-order valence-electron chi connectivity index (χ3n) is 5.75. The summed E-state index contributed by atoms with van der Waals surface area (Å²) in [5.74, 6) is 0.722. The van der Waals surface area contributed by atoms with Crippen LogP contribution < -0.4 is 4.90 Å². The van der Waals surface area contributed by atoms with Crippen LogP contribution in [0, 0.1) is 41.3 Å². The van der Waals surface area contributed by atoms with Crippen molar-refractivity contribution in [2.45, 2.75) is 6.42 Å². The molecule has 0 spiro atoms. The van der Waals surface area contributed by atoms with Gasteiger partial charge in [-0.05, 0) is 54.4 Å². The third-order valence-corrected chi connectivity index (χ3v) is 5.75. The summed E-state index contributed by atoms with van der Waals surface area (Å²) >= 11 is 0. The quantitative estimate of drug-likeness (QED) is 0.586. The zero-order chi connectivity index (χ0) is 14.3. The molecular weight excluding hydrogens is 269 g/mol. The van der Waals surface area contributed by atoms with Crippen LogP contribution in [0.15, 0.2) is 36.4 Å². The van der Waals surface area contributed by atoms with E-state index in [9.17, 15) is 14.0 Å². The lowest BCUT2D eigenvalue weighted by Crippen LogP contribution is -2.40. The molecule has 2 saturated carbocycles. The molecule has 1 heterocycles. The maximum Gasteiger partial charge on any atom is 0.238 e. The summed E-state index contributed by atoms with van der Waals surface area (Å²) < 4.78 is 13.1. The number of nitrogens with zero attached hydrogens (tertiary/aromatic N) is 1. The molecule has 3 fully saturated rings. The standard InChI is InChI=1S/C17H14FNO2/c18-8-1-3-9(4-2-8)19-16(20)14-10-5-6-11(13-7-12(10)13)15(14)17(19)21/h1-6,10-15H,7H2/t10-,11-,12-,13+,14+,15+/m0/s1. The number of anilines is 1. The predicted molar refractivity (Wildman–Crippen MR) is 73.6 cm³/mol. The molecule has 1 aromatic carbocycles. The number of rotatable bonds is 1. The van der Waals surface area contributed by atoms with Crippen molar-refractivity contribution in [3.63, 3.8) is 0 Å². The van der Waals surface area contributed by atoms with Crippen LogP contribution in [0.4, 0.5) is 10.1 Å². The van der Waals surface area contributed by atoms with Crippen LogP contribution >= 0.6 is 0 Å². The molecule has 1 aromatic rings. The largest absolute Gasteiger partial charge is 0.274 e. The first-order chi connectivity index (χ1) is 10.2. The van der Waals surface area contributed by atoms with Gasteiger partial charge < -0.3 is 0 Å². The first-order valence-electron chi connectivity index (χ1n) is 7.48. The molecule has 4 heteroatoms. The maximum absolute atomic E-state index is 13.1. The molecule has 3 nitrogen and oxygen atoms in total. The molecular formula is C17H14FNO2. The zero-order valence-electron chi connectivity index (χ0n) is 11.3. The van der Waals surface area contributed by atoms with Crippen LogP contribution in [0.3, 0.4) is 0 Å². The molecule has 2 amide bonds. The number of hydrogen-bond acceptors (Lipinski definition) is 2. The van der Waals surface area contributed by atoms with Crippen molar-refractivity contribution in [1.82, 2.24) is 0 Å². The van der Waals surface area contributed by atoms with Crippen LogP contribution in [0.5, 0.6) is 0 Å². The van der Waals surface area contributed by atoms with Crippen molar-refractivity contribution in [3.05, 3.63) is 42.2 Å². The van der Waals surface area contributed by atoms with E-state index >= 15 is 0 Å². The Hall–Kier alpha value is -1.97. The topological polar surface area (TPSA) is 37.4 Å². The second-order valence-corrected chi connectivity index (χ2v) is 6.64. The van der Waals surface area contributed by atoms with Crippen LogP contribution in [0.1, 0.15) is 6.42 Å². The maximum atomic E-state index is 13.1. The molecule has 106 valence electrons. The van der Waals surface area contributed by atoms with Crippen molar-refractivity contribution in [3.8, 4) is 0 Å². The molecule has 1 saturated heterocycles. The number of imide groups is 1. The van der Waals surface area contributed by atoms with E-state index in [4.69, 9.17) is 0 Å². The fourth-order valence-electron chi connectivity index (χ4n) is 4.80. The first-order valence-corrected chi connectivity index (χ1v) is 7.48. The number of allylic oxidation sites excluding steroid dienone is 2. The average Bonchev–Trinajstić information content (AvgIpc) is 3.26. The second kappa shape index (κ2) is 3.62. The fourth-order valence-corrected chi connectivity index (χ4v) is 4.80. The molecule has 2 bridgehead atoms. The Morgan fingerprint density at radius 1 is 0.905 bits per heavy atom. The van der Waals surface area contributed by atoms with E-state index in [0.717, 1.165) is 6.42 Å². The van der Waals surface area contributed by atoms with Gasteiger partial charge in [0.1, 0.15) is 5.82 Å². The van der Waals surface area contributed by atoms with Crippen LogP contribution in [-0.2, 0) is 9.59 Å². The predicted octanol–water partition coefficient (Wildman–Crippen LogP) is 2.38. The first kappa shape index (κ1) is 11.7. The second-order valence-electron chi connectivity index (χ2n) is 6.64. The van der Waals surface area contributed by atoms with Gasteiger partial charge in [-0.3, -0.25) is 14.5 Å². The summed E-state index contributed by atoms with van der Waals surface area (Å²) in [6.45, 7) is 0. The normalized spacial score (nSPS) is 42.2. The highest BCUT2D eigenvalue weighted by atomic mass is 19.1. The minimum absolute atomic E-state index is 0.0960. The molecule has 0 N–H and O–H groups in total. The fraction of sp³-hybridized carbons (Fsp3) is 0.412. The number of hydrogen-bond donors (Lipinski definition) is 0. The Morgan fingerprint density at radius 2 is 1.43 bits per heavy atom. The Labute approximate surface area is 121 Å². The number of amides is 2. The molecule has 0 unspecified atom stereocenters. The van der Waals surface area contributed by atoms with Gasteiger partial charge >= 0.3 is 0 Å². The van der Waals surface area contributed by atoms with Gasteiger partial charge in [-0.15, -0.1) is 0 Å². The van der Waals surface area contributed by atoms with Crippen LogP contribution in [0.2, 0.25) is 0 Å². The lowest BCUT2D eigenvalue weighted by Gasteiger charge is -2.37. The van der Waals surface area contributed by atoms with Crippen LogP contribution in [-0.4, -0.2) is 11.8 Å². The molecule has 21 heavy (non-hydrogen) atoms. The number of benzene rings is 1. The van der Waals surface area contributed by atoms with E-state index in [1.165, 1.54) is 29.2 Å². The lowest BCUT2D eigenvalue weighted by molar-refractivity contribution is -0.124. The summed E-state index contributed by atoms with van der Waals surface area (Å²) in [7, 11) is 0. The number of carbonyl (C=O) groups is 2. The molecule has 0 radical (unpaired) electrons. The monoisotopic (exact) mass is 283 g/mol. The minimum Gasteiger partial charge on any atom is -0.274 e. The van der Waals surface area contributed by atoms with Crippen molar-refractivity contribution >= 4 is 17.5 Å². The lowest BCUT2D eigenvalue weighted by atomic mass is 9.63. The summed E-state index contributed by atoms with van der Waals surface area (Å²) in [6.07, 6.45) is 5.46. The summed E-state index contributed by atoms with van der Waals surface area (Å²) in [4.78, 5) is 26.8. The summed E-state index contributed by atoms with van der Waals surface area (Å²) in [5.41, 5.74) is 0.494.